The van der Waals surface area contributed by atoms with E-state index in [1.807, 2.05) is 6.07 Å². The Morgan fingerprint density at radius 2 is 2.18 bits per heavy atom. The molecular weight excluding hydrogens is 222 g/mol. The van der Waals surface area contributed by atoms with Gasteiger partial charge in [0.1, 0.15) is 18.4 Å². The Morgan fingerprint density at radius 3 is 2.76 bits per heavy atom. The molecule has 0 aliphatic rings. The number of aliphatic hydroxyl groups excluding tert-OH is 1. The van der Waals surface area contributed by atoms with Crippen LogP contribution in [0.15, 0.2) is 24.3 Å². The summed E-state index contributed by atoms with van der Waals surface area (Å²) in [7, 11) is 2.98. The molecule has 5 heteroatoms. The monoisotopic (exact) mass is 239 g/mol. The van der Waals surface area contributed by atoms with Gasteiger partial charge in [-0.2, -0.15) is 0 Å². The molecule has 0 spiro atoms. The van der Waals surface area contributed by atoms with Crippen LogP contribution in [0.4, 0.5) is 0 Å². The normalized spacial score (nSPS) is 11.9. The van der Waals surface area contributed by atoms with Gasteiger partial charge >= 0.3 is 5.97 Å². The van der Waals surface area contributed by atoms with Gasteiger partial charge in [-0.25, -0.2) is 0 Å². The number of carbonyl (C=O) groups is 1. The van der Waals surface area contributed by atoms with Crippen LogP contribution in [0, 0.1) is 0 Å². The summed E-state index contributed by atoms with van der Waals surface area (Å²) in [5, 5.41) is 11.9. The SMILES string of the molecule is CNC(COc1ccccc1CO)C(=O)OC. The summed E-state index contributed by atoms with van der Waals surface area (Å²) in [6, 6.07) is 6.61. The van der Waals surface area contributed by atoms with E-state index in [2.05, 4.69) is 10.1 Å². The topological polar surface area (TPSA) is 67.8 Å². The number of hydrogen-bond donors (Lipinski definition) is 2. The van der Waals surface area contributed by atoms with E-state index in [-0.39, 0.29) is 19.2 Å². The van der Waals surface area contributed by atoms with Crippen molar-refractivity contribution in [2.45, 2.75) is 12.6 Å². The number of aliphatic hydroxyl groups is 1. The van der Waals surface area contributed by atoms with Gasteiger partial charge in [0.25, 0.3) is 0 Å². The zero-order valence-corrected chi connectivity index (χ0v) is 9.97. The number of hydrogen-bond acceptors (Lipinski definition) is 5. The molecule has 0 saturated carbocycles. The van der Waals surface area contributed by atoms with Gasteiger partial charge in [0.15, 0.2) is 0 Å². The van der Waals surface area contributed by atoms with Crippen molar-refractivity contribution in [3.05, 3.63) is 29.8 Å². The van der Waals surface area contributed by atoms with Gasteiger partial charge in [0.2, 0.25) is 0 Å². The Hall–Kier alpha value is -1.59. The lowest BCUT2D eigenvalue weighted by molar-refractivity contribution is -0.143. The lowest BCUT2D eigenvalue weighted by Crippen LogP contribution is -2.40. The standard InChI is InChI=1S/C12H17NO4/c1-13-10(12(15)16-2)8-17-11-6-4-3-5-9(11)7-14/h3-6,10,13-14H,7-8H2,1-2H3. The minimum absolute atomic E-state index is 0.0986. The Bertz CT molecular complexity index is 367. The second-order valence-electron chi connectivity index (χ2n) is 3.44. The van der Waals surface area contributed by atoms with Crippen molar-refractivity contribution in [1.29, 1.82) is 0 Å². The maximum Gasteiger partial charge on any atom is 0.326 e. The third-order valence-corrected chi connectivity index (χ3v) is 2.38. The first kappa shape index (κ1) is 13.5. The van der Waals surface area contributed by atoms with Crippen LogP contribution in [-0.2, 0) is 16.1 Å². The number of carbonyl (C=O) groups excluding carboxylic acids is 1. The molecule has 0 saturated heterocycles. The molecule has 0 radical (unpaired) electrons. The highest BCUT2D eigenvalue weighted by Gasteiger charge is 2.17. The minimum Gasteiger partial charge on any atom is -0.491 e. The predicted octanol–water partition coefficient (Wildman–Crippen LogP) is 0.319. The molecule has 0 aliphatic carbocycles. The summed E-state index contributed by atoms with van der Waals surface area (Å²) in [5.74, 6) is 0.188. The molecule has 1 unspecified atom stereocenters. The van der Waals surface area contributed by atoms with E-state index in [0.29, 0.717) is 11.3 Å². The van der Waals surface area contributed by atoms with Crippen LogP contribution >= 0.6 is 0 Å². The second-order valence-corrected chi connectivity index (χ2v) is 3.44. The minimum atomic E-state index is -0.522. The average Bonchev–Trinajstić information content (AvgIpc) is 2.39. The number of rotatable bonds is 6. The molecule has 0 fully saturated rings. The van der Waals surface area contributed by atoms with E-state index < -0.39 is 6.04 Å². The van der Waals surface area contributed by atoms with Gasteiger partial charge in [-0.3, -0.25) is 4.79 Å². The maximum absolute atomic E-state index is 11.3. The highest BCUT2D eigenvalue weighted by Crippen LogP contribution is 2.17. The fraction of sp³-hybridized carbons (Fsp3) is 0.417. The highest BCUT2D eigenvalue weighted by atomic mass is 16.5. The van der Waals surface area contributed by atoms with Gasteiger partial charge in [0, 0.05) is 5.56 Å². The number of likely N-dealkylation sites (N-methyl/N-ethyl adjacent to an activating group) is 1. The number of ether oxygens (including phenoxy) is 2. The zero-order chi connectivity index (χ0) is 12.7. The quantitative estimate of drug-likeness (QED) is 0.700. The molecule has 1 aromatic rings. The van der Waals surface area contributed by atoms with E-state index in [9.17, 15) is 4.79 Å². The molecule has 17 heavy (non-hydrogen) atoms. The number of methoxy groups -OCH3 is 1. The summed E-state index contributed by atoms with van der Waals surface area (Å²) in [6.07, 6.45) is 0. The molecule has 0 aliphatic heterocycles. The van der Waals surface area contributed by atoms with Crippen molar-refractivity contribution in [2.24, 2.45) is 0 Å². The molecule has 94 valence electrons. The Morgan fingerprint density at radius 1 is 1.47 bits per heavy atom. The molecular formula is C12H17NO4. The van der Waals surface area contributed by atoms with Crippen molar-refractivity contribution in [2.75, 3.05) is 20.8 Å². The first-order valence-corrected chi connectivity index (χ1v) is 5.29. The van der Waals surface area contributed by atoms with E-state index in [0.717, 1.165) is 0 Å². The largest absolute Gasteiger partial charge is 0.491 e. The molecule has 1 atom stereocenters. The van der Waals surface area contributed by atoms with Gasteiger partial charge < -0.3 is 19.9 Å². The fourth-order valence-electron chi connectivity index (χ4n) is 1.36. The third kappa shape index (κ3) is 3.72. The van der Waals surface area contributed by atoms with Crippen molar-refractivity contribution >= 4 is 5.97 Å². The third-order valence-electron chi connectivity index (χ3n) is 2.38. The smallest absolute Gasteiger partial charge is 0.326 e. The van der Waals surface area contributed by atoms with Crippen LogP contribution in [0.1, 0.15) is 5.56 Å². The zero-order valence-electron chi connectivity index (χ0n) is 9.97. The van der Waals surface area contributed by atoms with Crippen molar-refractivity contribution in [3.8, 4) is 5.75 Å². The van der Waals surface area contributed by atoms with E-state index in [1.54, 1.807) is 25.2 Å². The van der Waals surface area contributed by atoms with Crippen LogP contribution in [-0.4, -0.2) is 37.9 Å². The lowest BCUT2D eigenvalue weighted by atomic mass is 10.2. The van der Waals surface area contributed by atoms with Crippen molar-refractivity contribution in [1.82, 2.24) is 5.32 Å². The summed E-state index contributed by atoms with van der Waals surface area (Å²) in [5.41, 5.74) is 0.687. The van der Waals surface area contributed by atoms with Gasteiger partial charge in [-0.1, -0.05) is 18.2 Å². The van der Waals surface area contributed by atoms with Crippen LogP contribution in [0.5, 0.6) is 5.75 Å². The molecule has 1 rings (SSSR count). The first-order valence-electron chi connectivity index (χ1n) is 5.29. The van der Waals surface area contributed by atoms with Crippen molar-refractivity contribution < 1.29 is 19.4 Å². The summed E-state index contributed by atoms with van der Waals surface area (Å²) >= 11 is 0. The predicted molar refractivity (Wildman–Crippen MR) is 62.7 cm³/mol. The molecule has 5 nitrogen and oxygen atoms in total. The van der Waals surface area contributed by atoms with E-state index >= 15 is 0 Å². The second kappa shape index (κ2) is 6.88. The Balaban J connectivity index is 2.62. The summed E-state index contributed by atoms with van der Waals surface area (Å²) < 4.78 is 10.1. The van der Waals surface area contributed by atoms with Crippen molar-refractivity contribution in [3.63, 3.8) is 0 Å². The maximum atomic E-state index is 11.3. The number of para-hydroxylation sites is 1. The number of esters is 1. The number of benzene rings is 1. The van der Waals surface area contributed by atoms with Gasteiger partial charge in [-0.15, -0.1) is 0 Å². The van der Waals surface area contributed by atoms with Gasteiger partial charge in [-0.05, 0) is 13.1 Å². The van der Waals surface area contributed by atoms with E-state index in [4.69, 9.17) is 9.84 Å². The van der Waals surface area contributed by atoms with Gasteiger partial charge in [0.05, 0.1) is 13.7 Å². The lowest BCUT2D eigenvalue weighted by Gasteiger charge is -2.16. The molecule has 2 N–H and O–H groups in total. The van der Waals surface area contributed by atoms with Crippen LogP contribution in [0.25, 0.3) is 0 Å². The summed E-state index contributed by atoms with van der Waals surface area (Å²) in [6.45, 7) is 0.0544. The molecule has 0 heterocycles. The molecule has 0 bridgehead atoms. The number of nitrogens with one attached hydrogen (secondary N) is 1. The first-order chi connectivity index (χ1) is 8.22. The van der Waals surface area contributed by atoms with Crippen LogP contribution in [0.2, 0.25) is 0 Å². The Kier molecular flexibility index (Phi) is 5.45. The fourth-order valence-corrected chi connectivity index (χ4v) is 1.36. The summed E-state index contributed by atoms with van der Waals surface area (Å²) in [4.78, 5) is 11.3. The highest BCUT2D eigenvalue weighted by molar-refractivity contribution is 5.75. The molecule has 0 amide bonds. The average molecular weight is 239 g/mol. The van der Waals surface area contributed by atoms with Crippen LogP contribution < -0.4 is 10.1 Å². The van der Waals surface area contributed by atoms with E-state index in [1.165, 1.54) is 7.11 Å². The Labute approximate surface area is 100 Å². The van der Waals surface area contributed by atoms with Crippen LogP contribution in [0.3, 0.4) is 0 Å². The molecule has 1 aromatic carbocycles. The molecule has 0 aromatic heterocycles.